The van der Waals surface area contributed by atoms with E-state index in [2.05, 4.69) is 5.32 Å². The van der Waals surface area contributed by atoms with Crippen molar-refractivity contribution in [3.8, 4) is 0 Å². The second-order valence-corrected chi connectivity index (χ2v) is 10.8. The average molecular weight is 488 g/mol. The Kier molecular flexibility index (Phi) is 9.67. The summed E-state index contributed by atoms with van der Waals surface area (Å²) in [5.41, 5.74) is 3.25. The fourth-order valence-corrected chi connectivity index (χ4v) is 4.62. The number of anilines is 1. The molecule has 186 valence electrons. The molecule has 0 fully saturated rings. The monoisotopic (exact) mass is 487 g/mol. The molecule has 0 unspecified atom stereocenters. The molecule has 2 rings (SSSR count). The van der Waals surface area contributed by atoms with Crippen molar-refractivity contribution in [2.75, 3.05) is 23.7 Å². The molecule has 0 aliphatic carbocycles. The van der Waals surface area contributed by atoms with Gasteiger partial charge in [-0.3, -0.25) is 13.9 Å². The maximum absolute atomic E-state index is 13.5. The van der Waals surface area contributed by atoms with Gasteiger partial charge in [0, 0.05) is 12.6 Å². The molecular formula is C26H37N3O4S. The molecule has 0 saturated heterocycles. The Hall–Kier alpha value is -2.87. The molecule has 2 atom stereocenters. The normalized spacial score (nSPS) is 13.1. The minimum atomic E-state index is -3.73. The van der Waals surface area contributed by atoms with Gasteiger partial charge in [0.25, 0.3) is 0 Å². The SMILES string of the molecule is CC[C@@H](C)NC(=O)[C@@H](C)N(CCc1ccccc1)C(=O)CN(c1ccc(C)cc1C)S(C)(=O)=O. The van der Waals surface area contributed by atoms with Gasteiger partial charge in [-0.05, 0) is 57.7 Å². The van der Waals surface area contributed by atoms with Crippen LogP contribution >= 0.6 is 0 Å². The van der Waals surface area contributed by atoms with E-state index in [1.165, 1.54) is 4.90 Å². The van der Waals surface area contributed by atoms with Gasteiger partial charge in [-0.15, -0.1) is 0 Å². The number of hydrogen-bond donors (Lipinski definition) is 1. The van der Waals surface area contributed by atoms with Crippen molar-refractivity contribution in [3.63, 3.8) is 0 Å². The fourth-order valence-electron chi connectivity index (χ4n) is 3.72. The lowest BCUT2D eigenvalue weighted by molar-refractivity contribution is -0.139. The highest BCUT2D eigenvalue weighted by Gasteiger charge is 2.30. The summed E-state index contributed by atoms with van der Waals surface area (Å²) in [6.45, 7) is 9.23. The van der Waals surface area contributed by atoms with Crippen LogP contribution in [0.25, 0.3) is 0 Å². The molecule has 34 heavy (non-hydrogen) atoms. The lowest BCUT2D eigenvalue weighted by Crippen LogP contribution is -2.53. The summed E-state index contributed by atoms with van der Waals surface area (Å²) in [7, 11) is -3.73. The number of hydrogen-bond acceptors (Lipinski definition) is 4. The Morgan fingerprint density at radius 2 is 1.68 bits per heavy atom. The predicted octanol–water partition coefficient (Wildman–Crippen LogP) is 3.44. The van der Waals surface area contributed by atoms with Crippen molar-refractivity contribution in [2.45, 2.75) is 59.5 Å². The van der Waals surface area contributed by atoms with Crippen molar-refractivity contribution >= 4 is 27.5 Å². The number of amides is 2. The van der Waals surface area contributed by atoms with Crippen molar-refractivity contribution in [2.24, 2.45) is 0 Å². The Balaban J connectivity index is 2.34. The molecule has 0 spiro atoms. The Bertz CT molecular complexity index is 1090. The maximum Gasteiger partial charge on any atom is 0.244 e. The summed E-state index contributed by atoms with van der Waals surface area (Å²) in [5.74, 6) is -0.679. The number of carbonyl (C=O) groups is 2. The van der Waals surface area contributed by atoms with E-state index in [1.807, 2.05) is 70.2 Å². The second kappa shape index (κ2) is 12.0. The number of carbonyl (C=O) groups excluding carboxylic acids is 2. The summed E-state index contributed by atoms with van der Waals surface area (Å²) in [6, 6.07) is 14.3. The number of aryl methyl sites for hydroxylation is 2. The van der Waals surface area contributed by atoms with E-state index in [0.717, 1.165) is 33.7 Å². The number of sulfonamides is 1. The van der Waals surface area contributed by atoms with Gasteiger partial charge in [-0.1, -0.05) is 55.0 Å². The third kappa shape index (κ3) is 7.58. The van der Waals surface area contributed by atoms with Gasteiger partial charge >= 0.3 is 0 Å². The van der Waals surface area contributed by atoms with Crippen LogP contribution in [-0.2, 0) is 26.0 Å². The van der Waals surface area contributed by atoms with Crippen LogP contribution in [0.4, 0.5) is 5.69 Å². The molecule has 0 aliphatic rings. The molecule has 7 nitrogen and oxygen atoms in total. The van der Waals surface area contributed by atoms with Crippen molar-refractivity contribution in [3.05, 3.63) is 65.2 Å². The molecule has 1 N–H and O–H groups in total. The minimum Gasteiger partial charge on any atom is -0.352 e. The molecule has 8 heteroatoms. The molecule has 0 saturated carbocycles. The van der Waals surface area contributed by atoms with Crippen LogP contribution in [-0.4, -0.2) is 56.6 Å². The number of nitrogens with one attached hydrogen (secondary N) is 1. The third-order valence-electron chi connectivity index (χ3n) is 5.95. The quantitative estimate of drug-likeness (QED) is 0.526. The van der Waals surface area contributed by atoms with Crippen LogP contribution < -0.4 is 9.62 Å². The van der Waals surface area contributed by atoms with Gasteiger partial charge < -0.3 is 10.2 Å². The van der Waals surface area contributed by atoms with Crippen LogP contribution in [0.15, 0.2) is 48.5 Å². The highest BCUT2D eigenvalue weighted by molar-refractivity contribution is 7.92. The molecule has 0 heterocycles. The second-order valence-electron chi connectivity index (χ2n) is 8.88. The first-order valence-corrected chi connectivity index (χ1v) is 13.5. The summed E-state index contributed by atoms with van der Waals surface area (Å²) >= 11 is 0. The van der Waals surface area contributed by atoms with Gasteiger partial charge in [0.05, 0.1) is 11.9 Å². The Labute approximate surface area is 204 Å². The first kappa shape index (κ1) is 27.4. The first-order valence-electron chi connectivity index (χ1n) is 11.6. The summed E-state index contributed by atoms with van der Waals surface area (Å²) in [4.78, 5) is 27.9. The van der Waals surface area contributed by atoms with Crippen LogP contribution in [0.2, 0.25) is 0 Å². The first-order chi connectivity index (χ1) is 15.9. The average Bonchev–Trinajstić information content (AvgIpc) is 2.77. The number of benzene rings is 2. The minimum absolute atomic E-state index is 0.0243. The third-order valence-corrected chi connectivity index (χ3v) is 7.08. The van der Waals surface area contributed by atoms with E-state index >= 15 is 0 Å². The smallest absolute Gasteiger partial charge is 0.244 e. The van der Waals surface area contributed by atoms with Crippen LogP contribution in [0.3, 0.4) is 0 Å². The van der Waals surface area contributed by atoms with Crippen LogP contribution in [0.5, 0.6) is 0 Å². The van der Waals surface area contributed by atoms with Crippen LogP contribution in [0, 0.1) is 13.8 Å². The van der Waals surface area contributed by atoms with Crippen LogP contribution in [0.1, 0.15) is 43.9 Å². The zero-order valence-electron chi connectivity index (χ0n) is 21.0. The van der Waals surface area contributed by atoms with Crippen molar-refractivity contribution < 1.29 is 18.0 Å². The fraction of sp³-hybridized carbons (Fsp3) is 0.462. The highest BCUT2D eigenvalue weighted by atomic mass is 32.2. The van der Waals surface area contributed by atoms with Gasteiger partial charge in [0.1, 0.15) is 12.6 Å². The predicted molar refractivity (Wildman–Crippen MR) is 137 cm³/mol. The summed E-state index contributed by atoms with van der Waals surface area (Å²) < 4.78 is 26.5. The molecule has 0 bridgehead atoms. The lowest BCUT2D eigenvalue weighted by atomic mass is 10.1. The zero-order valence-corrected chi connectivity index (χ0v) is 21.9. The molecule has 0 aromatic heterocycles. The molecule has 2 amide bonds. The van der Waals surface area contributed by atoms with E-state index in [9.17, 15) is 18.0 Å². The summed E-state index contributed by atoms with van der Waals surface area (Å²) in [5, 5.41) is 2.93. The van der Waals surface area contributed by atoms with E-state index in [1.54, 1.807) is 13.0 Å². The molecule has 0 aliphatic heterocycles. The van der Waals surface area contributed by atoms with E-state index in [-0.39, 0.29) is 18.5 Å². The van der Waals surface area contributed by atoms with E-state index in [4.69, 9.17) is 0 Å². The molecule has 2 aromatic rings. The lowest BCUT2D eigenvalue weighted by Gasteiger charge is -2.32. The maximum atomic E-state index is 13.5. The molecular weight excluding hydrogens is 450 g/mol. The summed E-state index contributed by atoms with van der Waals surface area (Å²) in [6.07, 6.45) is 2.41. The Morgan fingerprint density at radius 1 is 1.03 bits per heavy atom. The van der Waals surface area contributed by atoms with Gasteiger partial charge in [0.2, 0.25) is 21.8 Å². The Morgan fingerprint density at radius 3 is 2.24 bits per heavy atom. The zero-order chi connectivity index (χ0) is 25.5. The molecule has 2 aromatic carbocycles. The topological polar surface area (TPSA) is 86.8 Å². The standard InChI is InChI=1S/C26H37N3O4S/c1-7-21(4)27-26(31)22(5)28(16-15-23-11-9-8-10-12-23)25(30)18-29(34(6,32)33)24-14-13-19(2)17-20(24)3/h8-14,17,21-22H,7,15-16,18H2,1-6H3,(H,27,31)/t21-,22-/m1/s1. The number of rotatable bonds is 11. The van der Waals surface area contributed by atoms with Gasteiger partial charge in [-0.2, -0.15) is 0 Å². The van der Waals surface area contributed by atoms with Crippen molar-refractivity contribution in [1.29, 1.82) is 0 Å². The van der Waals surface area contributed by atoms with Gasteiger partial charge in [-0.25, -0.2) is 8.42 Å². The molecule has 0 radical (unpaired) electrons. The highest BCUT2D eigenvalue weighted by Crippen LogP contribution is 2.24. The van der Waals surface area contributed by atoms with Gasteiger partial charge in [0.15, 0.2) is 0 Å². The number of nitrogens with zero attached hydrogens (tertiary/aromatic N) is 2. The van der Waals surface area contributed by atoms with E-state index < -0.39 is 22.0 Å². The largest absolute Gasteiger partial charge is 0.352 e. The van der Waals surface area contributed by atoms with E-state index in [0.29, 0.717) is 18.7 Å². The van der Waals surface area contributed by atoms with Crippen molar-refractivity contribution in [1.82, 2.24) is 10.2 Å².